The maximum absolute atomic E-state index is 13.3. The van der Waals surface area contributed by atoms with Gasteiger partial charge < -0.3 is 9.30 Å². The molecule has 2 aliphatic carbocycles. The lowest BCUT2D eigenvalue weighted by molar-refractivity contribution is -0.157. The van der Waals surface area contributed by atoms with Crippen LogP contribution in [-0.2, 0) is 32.9 Å². The molecule has 2 fully saturated rings. The average molecular weight is 533 g/mol. The summed E-state index contributed by atoms with van der Waals surface area (Å²) >= 11 is 0. The number of aryl methyl sites for hydroxylation is 1. The topological polar surface area (TPSA) is 109 Å². The van der Waals surface area contributed by atoms with E-state index in [-0.39, 0.29) is 18.0 Å². The van der Waals surface area contributed by atoms with Crippen molar-refractivity contribution in [3.63, 3.8) is 0 Å². The molecule has 1 aromatic heterocycles. The van der Waals surface area contributed by atoms with Gasteiger partial charge in [-0.15, -0.1) is 6.58 Å². The number of esters is 1. The molecule has 9 heteroatoms. The normalized spacial score (nSPS) is 24.5. The van der Waals surface area contributed by atoms with E-state index in [0.29, 0.717) is 12.0 Å². The SMILES string of the molecule is C=CCN1CC(C(=O)OC2CCCCCC2)C[C@@H]2c3cccc4c3c(cn4CCC)C[C@H]21.O=S(=O)(O)O. The number of hydrogen-bond acceptors (Lipinski definition) is 5. The summed E-state index contributed by atoms with van der Waals surface area (Å²) in [6.07, 6.45) is 14.6. The van der Waals surface area contributed by atoms with Crippen molar-refractivity contribution < 1.29 is 27.1 Å². The van der Waals surface area contributed by atoms with E-state index >= 15 is 0 Å². The standard InChI is InChI=1S/C28H38N2O2.H2O4S/c1-3-14-29-18-20-17-26-24(23-12-9-13-25(29)27(20)23)16-21(19-30(26)15-4-2)28(31)32-22-10-7-5-6-8-11-22;1-5(2,3)4/h4,9,12-13,18,21-22,24,26H,2-3,5-8,10-11,14-17,19H2,1H3;(H2,1,2,3,4)/t21?,24-,26-;/m1./s1. The van der Waals surface area contributed by atoms with Crippen LogP contribution in [0.15, 0.2) is 37.1 Å². The number of nitrogens with zero attached hydrogens (tertiary/aromatic N) is 2. The van der Waals surface area contributed by atoms with Crippen LogP contribution in [0.2, 0.25) is 0 Å². The lowest BCUT2D eigenvalue weighted by Gasteiger charge is -2.46. The van der Waals surface area contributed by atoms with Crippen molar-refractivity contribution in [3.8, 4) is 0 Å². The molecule has 1 saturated carbocycles. The van der Waals surface area contributed by atoms with Crippen LogP contribution in [0, 0.1) is 5.92 Å². The van der Waals surface area contributed by atoms with Crippen molar-refractivity contribution in [2.24, 2.45) is 5.92 Å². The molecule has 8 nitrogen and oxygen atoms in total. The molecule has 0 spiro atoms. The third kappa shape index (κ3) is 6.82. The van der Waals surface area contributed by atoms with E-state index < -0.39 is 10.4 Å². The summed E-state index contributed by atoms with van der Waals surface area (Å²) in [5, 5.41) is 1.44. The lowest BCUT2D eigenvalue weighted by atomic mass is 9.72. The minimum Gasteiger partial charge on any atom is -0.462 e. The first kappa shape index (κ1) is 27.8. The molecule has 3 aliphatic rings. The molecule has 2 aromatic rings. The number of aromatic nitrogens is 1. The Morgan fingerprint density at radius 3 is 2.54 bits per heavy atom. The van der Waals surface area contributed by atoms with Gasteiger partial charge in [0, 0.05) is 48.7 Å². The number of rotatable bonds is 6. The molecule has 1 unspecified atom stereocenters. The molecule has 5 rings (SSSR count). The Labute approximate surface area is 220 Å². The Balaban J connectivity index is 0.000000586. The number of benzene rings is 1. The largest absolute Gasteiger partial charge is 0.462 e. The monoisotopic (exact) mass is 532 g/mol. The van der Waals surface area contributed by atoms with Crippen molar-refractivity contribution in [3.05, 3.63) is 48.2 Å². The number of hydrogen-bond donors (Lipinski definition) is 2. The fourth-order valence-corrected chi connectivity index (χ4v) is 6.57. The van der Waals surface area contributed by atoms with Crippen molar-refractivity contribution >= 4 is 27.3 Å². The number of piperidine rings is 1. The van der Waals surface area contributed by atoms with E-state index in [1.807, 2.05) is 6.08 Å². The first-order valence-corrected chi connectivity index (χ1v) is 14.9. The molecule has 0 radical (unpaired) electrons. The maximum Gasteiger partial charge on any atom is 0.394 e. The van der Waals surface area contributed by atoms with Crippen LogP contribution in [0.1, 0.15) is 75.3 Å². The molecule has 2 N–H and O–H groups in total. The summed E-state index contributed by atoms with van der Waals surface area (Å²) in [6, 6.07) is 7.22. The highest BCUT2D eigenvalue weighted by atomic mass is 32.3. The first-order valence-electron chi connectivity index (χ1n) is 13.6. The van der Waals surface area contributed by atoms with Gasteiger partial charge in [0.1, 0.15) is 6.10 Å². The van der Waals surface area contributed by atoms with Crippen LogP contribution >= 0.6 is 0 Å². The summed E-state index contributed by atoms with van der Waals surface area (Å²) < 4.78 is 40.1. The van der Waals surface area contributed by atoms with E-state index in [0.717, 1.165) is 51.7 Å². The summed E-state index contributed by atoms with van der Waals surface area (Å²) in [5.41, 5.74) is 4.26. The third-order valence-electron chi connectivity index (χ3n) is 8.02. The van der Waals surface area contributed by atoms with Crippen LogP contribution < -0.4 is 0 Å². The molecule has 1 aromatic carbocycles. The van der Waals surface area contributed by atoms with Crippen LogP contribution in [0.5, 0.6) is 0 Å². The summed E-state index contributed by atoms with van der Waals surface area (Å²) in [5.74, 6) is 0.365. The number of carbonyl (C=O) groups is 1. The smallest absolute Gasteiger partial charge is 0.394 e. The van der Waals surface area contributed by atoms with E-state index in [4.69, 9.17) is 22.3 Å². The lowest BCUT2D eigenvalue weighted by Crippen LogP contribution is -2.51. The second kappa shape index (κ2) is 12.1. The number of carbonyl (C=O) groups excluding carboxylic acids is 1. The fourth-order valence-electron chi connectivity index (χ4n) is 6.57. The third-order valence-corrected chi connectivity index (χ3v) is 8.02. The predicted octanol–water partition coefficient (Wildman–Crippen LogP) is 5.18. The van der Waals surface area contributed by atoms with Gasteiger partial charge in [-0.3, -0.25) is 18.8 Å². The van der Waals surface area contributed by atoms with Gasteiger partial charge in [0.15, 0.2) is 0 Å². The van der Waals surface area contributed by atoms with E-state index in [1.165, 1.54) is 47.7 Å². The van der Waals surface area contributed by atoms with Gasteiger partial charge in [0.05, 0.1) is 5.92 Å². The Morgan fingerprint density at radius 2 is 1.89 bits per heavy atom. The fraction of sp³-hybridized carbons (Fsp3) is 0.607. The molecule has 0 amide bonds. The van der Waals surface area contributed by atoms with E-state index in [1.54, 1.807) is 0 Å². The number of likely N-dealkylation sites (tertiary alicyclic amines) is 1. The Kier molecular flexibility index (Phi) is 9.11. The zero-order valence-electron chi connectivity index (χ0n) is 21.7. The molecule has 3 atom stereocenters. The number of ether oxygens (including phenoxy) is 1. The highest BCUT2D eigenvalue weighted by molar-refractivity contribution is 7.79. The predicted molar refractivity (Wildman–Crippen MR) is 144 cm³/mol. The van der Waals surface area contributed by atoms with Crippen LogP contribution in [0.25, 0.3) is 10.9 Å². The molecule has 1 aliphatic heterocycles. The molecule has 204 valence electrons. The zero-order chi connectivity index (χ0) is 26.6. The first-order chi connectivity index (χ1) is 17.7. The van der Waals surface area contributed by atoms with Gasteiger partial charge in [-0.25, -0.2) is 0 Å². The molecule has 37 heavy (non-hydrogen) atoms. The Hall–Kier alpha value is -2.20. The van der Waals surface area contributed by atoms with Gasteiger partial charge in [0.2, 0.25) is 0 Å². The van der Waals surface area contributed by atoms with Gasteiger partial charge >= 0.3 is 16.4 Å². The summed E-state index contributed by atoms with van der Waals surface area (Å²) in [4.78, 5) is 15.8. The van der Waals surface area contributed by atoms with Crippen molar-refractivity contribution in [2.45, 2.75) is 89.3 Å². The Bertz CT molecular complexity index is 1190. The maximum atomic E-state index is 13.3. The van der Waals surface area contributed by atoms with Gasteiger partial charge in [-0.1, -0.05) is 38.0 Å². The highest BCUT2D eigenvalue weighted by Crippen LogP contribution is 2.45. The highest BCUT2D eigenvalue weighted by Gasteiger charge is 2.43. The van der Waals surface area contributed by atoms with E-state index in [2.05, 4.69) is 47.4 Å². The Morgan fingerprint density at radius 1 is 1.19 bits per heavy atom. The van der Waals surface area contributed by atoms with Crippen LogP contribution in [-0.4, -0.2) is 58.2 Å². The summed E-state index contributed by atoms with van der Waals surface area (Å²) in [6.45, 7) is 8.93. The van der Waals surface area contributed by atoms with Gasteiger partial charge in [0.25, 0.3) is 0 Å². The van der Waals surface area contributed by atoms with Crippen molar-refractivity contribution in [2.75, 3.05) is 13.1 Å². The minimum atomic E-state index is -4.67. The van der Waals surface area contributed by atoms with Gasteiger partial charge in [-0.05, 0) is 62.1 Å². The molecule has 2 heterocycles. The van der Waals surface area contributed by atoms with Crippen molar-refractivity contribution in [1.29, 1.82) is 0 Å². The second-order valence-corrected chi connectivity index (χ2v) is 11.5. The zero-order valence-corrected chi connectivity index (χ0v) is 22.5. The number of fused-ring (bicyclic) bond motifs is 2. The van der Waals surface area contributed by atoms with Gasteiger partial charge in [-0.2, -0.15) is 8.42 Å². The molecule has 0 bridgehead atoms. The van der Waals surface area contributed by atoms with Crippen molar-refractivity contribution in [1.82, 2.24) is 9.47 Å². The molecular weight excluding hydrogens is 492 g/mol. The second-order valence-electron chi connectivity index (χ2n) is 10.6. The quantitative estimate of drug-likeness (QED) is 0.228. The van der Waals surface area contributed by atoms with Crippen LogP contribution in [0.3, 0.4) is 0 Å². The molecule has 1 saturated heterocycles. The minimum absolute atomic E-state index is 0.0333. The average Bonchev–Trinajstić information content (AvgIpc) is 3.00. The van der Waals surface area contributed by atoms with Crippen LogP contribution in [0.4, 0.5) is 0 Å². The van der Waals surface area contributed by atoms with E-state index in [9.17, 15) is 4.79 Å². The summed E-state index contributed by atoms with van der Waals surface area (Å²) in [7, 11) is -4.67. The molecular formula is C28H40N2O6S.